The third kappa shape index (κ3) is 7.15. The fraction of sp³-hybridized carbons (Fsp3) is 0.360. The summed E-state index contributed by atoms with van der Waals surface area (Å²) in [5.74, 6) is -0.209. The first-order valence-electron chi connectivity index (χ1n) is 11.4. The molecule has 0 radical (unpaired) electrons. The average molecular weight is 553 g/mol. The van der Waals surface area contributed by atoms with Crippen molar-refractivity contribution >= 4 is 45.3 Å². The van der Waals surface area contributed by atoms with E-state index in [4.69, 9.17) is 30.5 Å². The van der Waals surface area contributed by atoms with Gasteiger partial charge in [-0.15, -0.1) is 0 Å². The number of rotatable bonds is 10. The molecule has 3 rings (SSSR count). The molecule has 0 atom stereocenters. The summed E-state index contributed by atoms with van der Waals surface area (Å²) in [7, 11) is 0.723. The number of hydrogen-bond acceptors (Lipinski definition) is 8. The number of amides is 1. The molecule has 2 aromatic carbocycles. The summed E-state index contributed by atoms with van der Waals surface area (Å²) in [6.45, 7) is 0.302. The zero-order valence-corrected chi connectivity index (χ0v) is 22.4. The predicted molar refractivity (Wildman–Crippen MR) is 139 cm³/mol. The van der Waals surface area contributed by atoms with Crippen molar-refractivity contribution in [3.05, 3.63) is 47.0 Å². The highest BCUT2D eigenvalue weighted by atomic mass is 35.5. The predicted octanol–water partition coefficient (Wildman–Crippen LogP) is 3.74. The summed E-state index contributed by atoms with van der Waals surface area (Å²) in [6, 6.07) is 7.39. The first kappa shape index (κ1) is 28.3. The quantitative estimate of drug-likeness (QED) is 0.349. The van der Waals surface area contributed by atoms with Crippen LogP contribution in [-0.2, 0) is 24.3 Å². The van der Waals surface area contributed by atoms with Gasteiger partial charge in [0.1, 0.15) is 0 Å². The average Bonchev–Trinajstić information content (AvgIpc) is 2.91. The van der Waals surface area contributed by atoms with Gasteiger partial charge in [0.05, 0.1) is 36.9 Å². The summed E-state index contributed by atoms with van der Waals surface area (Å²) < 4.78 is 48.1. The van der Waals surface area contributed by atoms with E-state index in [-0.39, 0.29) is 15.6 Å². The van der Waals surface area contributed by atoms with Gasteiger partial charge in [0.25, 0.3) is 5.91 Å². The number of ether oxygens (including phenoxy) is 4. The molecule has 1 amide bonds. The van der Waals surface area contributed by atoms with Gasteiger partial charge in [0, 0.05) is 19.2 Å². The van der Waals surface area contributed by atoms with Crippen LogP contribution < -0.4 is 19.5 Å². The molecule has 37 heavy (non-hydrogen) atoms. The van der Waals surface area contributed by atoms with E-state index in [1.54, 1.807) is 12.1 Å². The molecule has 1 aliphatic rings. The van der Waals surface area contributed by atoms with Crippen molar-refractivity contribution in [1.29, 1.82) is 0 Å². The molecule has 12 heteroatoms. The van der Waals surface area contributed by atoms with E-state index in [0.29, 0.717) is 35.9 Å². The molecule has 0 aromatic heterocycles. The topological polar surface area (TPSA) is 120 Å². The lowest BCUT2D eigenvalue weighted by molar-refractivity contribution is -0.142. The lowest BCUT2D eigenvalue weighted by Crippen LogP contribution is -2.35. The van der Waals surface area contributed by atoms with Crippen LogP contribution in [-0.4, -0.2) is 65.6 Å². The van der Waals surface area contributed by atoms with Crippen molar-refractivity contribution in [2.24, 2.45) is 0 Å². The normalized spacial score (nSPS) is 14.3. The van der Waals surface area contributed by atoms with Gasteiger partial charge < -0.3 is 24.3 Å². The molecule has 0 bridgehead atoms. The van der Waals surface area contributed by atoms with Gasteiger partial charge in [-0.25, -0.2) is 13.2 Å². The molecule has 10 nitrogen and oxygen atoms in total. The number of carbonyl (C=O) groups is 2. The summed E-state index contributed by atoms with van der Waals surface area (Å²) in [6.07, 6.45) is 5.21. The van der Waals surface area contributed by atoms with Crippen LogP contribution in [0.25, 0.3) is 6.08 Å². The van der Waals surface area contributed by atoms with Gasteiger partial charge in [0.15, 0.2) is 18.1 Å². The highest BCUT2D eigenvalue weighted by molar-refractivity contribution is 7.89. The van der Waals surface area contributed by atoms with E-state index in [1.807, 2.05) is 0 Å². The molecule has 1 aliphatic heterocycles. The van der Waals surface area contributed by atoms with Crippen molar-refractivity contribution in [1.82, 2.24) is 4.31 Å². The second-order valence-corrected chi connectivity index (χ2v) is 10.4. The fourth-order valence-corrected chi connectivity index (χ4v) is 5.46. The van der Waals surface area contributed by atoms with E-state index in [1.165, 1.54) is 49.9 Å². The molecular formula is C25H29ClN2O8S. The third-order valence-electron chi connectivity index (χ3n) is 5.61. The highest BCUT2D eigenvalue weighted by Crippen LogP contribution is 2.38. The summed E-state index contributed by atoms with van der Waals surface area (Å²) in [5.41, 5.74) is 0.683. The van der Waals surface area contributed by atoms with E-state index >= 15 is 0 Å². The number of hydrogen-bond donors (Lipinski definition) is 1. The van der Waals surface area contributed by atoms with Gasteiger partial charge in [0.2, 0.25) is 15.8 Å². The van der Waals surface area contributed by atoms with Crippen LogP contribution in [0.4, 0.5) is 5.69 Å². The number of methoxy groups -OCH3 is 3. The first-order chi connectivity index (χ1) is 17.7. The number of nitrogens with zero attached hydrogens (tertiary/aromatic N) is 1. The number of esters is 1. The first-order valence-corrected chi connectivity index (χ1v) is 13.3. The van der Waals surface area contributed by atoms with Gasteiger partial charge in [-0.2, -0.15) is 4.31 Å². The minimum Gasteiger partial charge on any atom is -0.493 e. The Morgan fingerprint density at radius 3 is 2.24 bits per heavy atom. The molecule has 2 aromatic rings. The molecule has 0 saturated carbocycles. The molecular weight excluding hydrogens is 524 g/mol. The Morgan fingerprint density at radius 2 is 1.65 bits per heavy atom. The van der Waals surface area contributed by atoms with E-state index < -0.39 is 28.5 Å². The Morgan fingerprint density at radius 1 is 1.00 bits per heavy atom. The Balaban J connectivity index is 1.62. The summed E-state index contributed by atoms with van der Waals surface area (Å²) in [5, 5.41) is 2.65. The Kier molecular flexibility index (Phi) is 9.79. The maximum Gasteiger partial charge on any atom is 0.331 e. The molecule has 1 N–H and O–H groups in total. The summed E-state index contributed by atoms with van der Waals surface area (Å²) in [4.78, 5) is 24.5. The summed E-state index contributed by atoms with van der Waals surface area (Å²) >= 11 is 6.16. The second kappa shape index (κ2) is 12.8. The maximum atomic E-state index is 12.9. The maximum absolute atomic E-state index is 12.9. The smallest absolute Gasteiger partial charge is 0.331 e. The number of carbonyl (C=O) groups excluding carboxylic acids is 2. The van der Waals surface area contributed by atoms with Crippen LogP contribution in [0.3, 0.4) is 0 Å². The molecule has 0 aliphatic carbocycles. The van der Waals surface area contributed by atoms with E-state index in [9.17, 15) is 18.0 Å². The van der Waals surface area contributed by atoms with Gasteiger partial charge >= 0.3 is 5.97 Å². The fourth-order valence-electron chi connectivity index (χ4n) is 3.75. The number of benzene rings is 2. The van der Waals surface area contributed by atoms with Crippen LogP contribution in [0.5, 0.6) is 17.2 Å². The van der Waals surface area contributed by atoms with Crippen molar-refractivity contribution < 1.29 is 37.0 Å². The number of sulfonamides is 1. The molecule has 200 valence electrons. The SMILES string of the molecule is COc1cc(/C=C/C(=O)OCC(=O)Nc2cc(S(=O)(=O)N3CCCCC3)ccc2Cl)cc(OC)c1OC. The molecule has 0 unspecified atom stereocenters. The Labute approximate surface area is 221 Å². The minimum absolute atomic E-state index is 0.0272. The molecule has 1 heterocycles. The van der Waals surface area contributed by atoms with Crippen LogP contribution >= 0.6 is 11.6 Å². The zero-order chi connectivity index (χ0) is 27.0. The lowest BCUT2D eigenvalue weighted by atomic mass is 10.1. The second-order valence-electron chi connectivity index (χ2n) is 8.05. The van der Waals surface area contributed by atoms with Crippen molar-refractivity contribution in [2.75, 3.05) is 46.3 Å². The van der Waals surface area contributed by atoms with Gasteiger partial charge in [-0.05, 0) is 54.8 Å². The van der Waals surface area contributed by atoms with Crippen LogP contribution in [0.15, 0.2) is 41.3 Å². The van der Waals surface area contributed by atoms with E-state index in [2.05, 4.69) is 5.32 Å². The minimum atomic E-state index is -3.71. The van der Waals surface area contributed by atoms with Gasteiger partial charge in [-0.1, -0.05) is 18.0 Å². The third-order valence-corrected chi connectivity index (χ3v) is 7.83. The number of halogens is 1. The van der Waals surface area contributed by atoms with Gasteiger partial charge in [-0.3, -0.25) is 4.79 Å². The van der Waals surface area contributed by atoms with Crippen LogP contribution in [0, 0.1) is 0 Å². The van der Waals surface area contributed by atoms with Crippen LogP contribution in [0.1, 0.15) is 24.8 Å². The number of piperidine rings is 1. The van der Waals surface area contributed by atoms with Crippen molar-refractivity contribution in [3.8, 4) is 17.2 Å². The van der Waals surface area contributed by atoms with E-state index in [0.717, 1.165) is 25.3 Å². The lowest BCUT2D eigenvalue weighted by Gasteiger charge is -2.26. The molecule has 1 saturated heterocycles. The molecule has 0 spiro atoms. The zero-order valence-electron chi connectivity index (χ0n) is 20.8. The Bertz CT molecular complexity index is 1250. The van der Waals surface area contributed by atoms with Crippen molar-refractivity contribution in [3.63, 3.8) is 0 Å². The van der Waals surface area contributed by atoms with Crippen molar-refractivity contribution in [2.45, 2.75) is 24.2 Å². The number of nitrogens with one attached hydrogen (secondary N) is 1. The standard InChI is InChI=1S/C25H29ClN2O8S/c1-33-21-13-17(14-22(34-2)25(21)35-3)7-10-24(30)36-16-23(29)27-20-15-18(8-9-19(20)26)37(31,32)28-11-5-4-6-12-28/h7-10,13-15H,4-6,11-12,16H2,1-3H3,(H,27,29)/b10-7+. The Hall–Kier alpha value is -3.28. The van der Waals surface area contributed by atoms with Crippen LogP contribution in [0.2, 0.25) is 5.02 Å². The number of anilines is 1. The molecule has 1 fully saturated rings. The largest absolute Gasteiger partial charge is 0.493 e. The highest BCUT2D eigenvalue weighted by Gasteiger charge is 2.26. The monoisotopic (exact) mass is 552 g/mol.